The summed E-state index contributed by atoms with van der Waals surface area (Å²) in [7, 11) is 1.51. The molecule has 0 unspecified atom stereocenters. The van der Waals surface area contributed by atoms with Gasteiger partial charge in [-0.25, -0.2) is 4.52 Å². The van der Waals surface area contributed by atoms with Gasteiger partial charge in [0.05, 0.1) is 7.11 Å². The standard InChI is InChI=1S/C21H18N4O3/c1-28-17-11-13(15-9-5-6-10-16(15)26)12-25-19(17)18(20(22)24-25)21(27)23-14-7-3-2-4-8-14/h2-12,26H,1H3,(H2,22,24)(H,23,27). The van der Waals surface area contributed by atoms with Crippen LogP contribution >= 0.6 is 0 Å². The van der Waals surface area contributed by atoms with Crippen LogP contribution < -0.4 is 15.8 Å². The van der Waals surface area contributed by atoms with Crippen molar-refractivity contribution in [3.8, 4) is 22.6 Å². The van der Waals surface area contributed by atoms with Crippen molar-refractivity contribution in [2.75, 3.05) is 18.2 Å². The van der Waals surface area contributed by atoms with Gasteiger partial charge in [-0.05, 0) is 24.3 Å². The Bertz CT molecular complexity index is 1170. The zero-order valence-corrected chi connectivity index (χ0v) is 15.1. The van der Waals surface area contributed by atoms with Gasteiger partial charge in [0, 0.05) is 23.0 Å². The Labute approximate surface area is 161 Å². The van der Waals surface area contributed by atoms with E-state index in [1.54, 1.807) is 42.6 Å². The first kappa shape index (κ1) is 17.4. The SMILES string of the molecule is COc1cc(-c2ccccc2O)cn2nc(N)c(C(=O)Nc3ccccc3)c12. The number of para-hydroxylation sites is 2. The van der Waals surface area contributed by atoms with E-state index in [4.69, 9.17) is 10.5 Å². The predicted molar refractivity (Wildman–Crippen MR) is 108 cm³/mol. The van der Waals surface area contributed by atoms with Gasteiger partial charge >= 0.3 is 0 Å². The Morgan fingerprint density at radius 2 is 1.86 bits per heavy atom. The fourth-order valence-electron chi connectivity index (χ4n) is 3.12. The smallest absolute Gasteiger partial charge is 0.261 e. The van der Waals surface area contributed by atoms with Crippen LogP contribution in [-0.2, 0) is 0 Å². The van der Waals surface area contributed by atoms with Crippen molar-refractivity contribution >= 4 is 22.9 Å². The third-order valence-corrected chi connectivity index (χ3v) is 4.41. The molecule has 0 saturated carbocycles. The maximum Gasteiger partial charge on any atom is 0.261 e. The highest BCUT2D eigenvalue weighted by Gasteiger charge is 2.22. The average molecular weight is 374 g/mol. The van der Waals surface area contributed by atoms with Crippen molar-refractivity contribution in [2.24, 2.45) is 0 Å². The molecule has 0 atom stereocenters. The molecule has 4 aromatic rings. The van der Waals surface area contributed by atoms with Crippen LogP contribution in [0.15, 0.2) is 66.9 Å². The molecule has 4 N–H and O–H groups in total. The van der Waals surface area contributed by atoms with E-state index in [1.807, 2.05) is 24.3 Å². The van der Waals surface area contributed by atoms with E-state index in [0.717, 1.165) is 0 Å². The Morgan fingerprint density at radius 1 is 1.14 bits per heavy atom. The lowest BCUT2D eigenvalue weighted by Crippen LogP contribution is -2.13. The minimum absolute atomic E-state index is 0.0844. The Morgan fingerprint density at radius 3 is 2.57 bits per heavy atom. The van der Waals surface area contributed by atoms with Crippen LogP contribution in [0.4, 0.5) is 11.5 Å². The van der Waals surface area contributed by atoms with E-state index < -0.39 is 0 Å². The highest BCUT2D eigenvalue weighted by Crippen LogP contribution is 2.35. The number of fused-ring (bicyclic) bond motifs is 1. The number of nitrogens with one attached hydrogen (secondary N) is 1. The summed E-state index contributed by atoms with van der Waals surface area (Å²) in [5.74, 6) is 0.253. The Kier molecular flexibility index (Phi) is 4.33. The molecule has 0 aliphatic heterocycles. The number of methoxy groups -OCH3 is 1. The zero-order chi connectivity index (χ0) is 19.7. The first-order chi connectivity index (χ1) is 13.6. The summed E-state index contributed by atoms with van der Waals surface area (Å²) in [6.07, 6.45) is 1.70. The highest BCUT2D eigenvalue weighted by atomic mass is 16.5. The molecule has 28 heavy (non-hydrogen) atoms. The molecule has 1 amide bonds. The summed E-state index contributed by atoms with van der Waals surface area (Å²) < 4.78 is 7.00. The van der Waals surface area contributed by atoms with E-state index in [9.17, 15) is 9.90 Å². The van der Waals surface area contributed by atoms with Crippen LogP contribution in [0.1, 0.15) is 10.4 Å². The lowest BCUT2D eigenvalue weighted by molar-refractivity contribution is 0.102. The van der Waals surface area contributed by atoms with Crippen LogP contribution in [0.25, 0.3) is 16.6 Å². The van der Waals surface area contributed by atoms with Gasteiger partial charge in [0.15, 0.2) is 5.82 Å². The molecule has 7 heteroatoms. The molecule has 0 radical (unpaired) electrons. The second-order valence-corrected chi connectivity index (χ2v) is 6.19. The fourth-order valence-corrected chi connectivity index (χ4v) is 3.12. The average Bonchev–Trinajstić information content (AvgIpc) is 3.04. The molecule has 0 saturated heterocycles. The number of phenolic OH excluding ortho intramolecular Hbond substituents is 1. The Balaban J connectivity index is 1.84. The summed E-state index contributed by atoms with van der Waals surface area (Å²) in [6.45, 7) is 0. The number of nitrogens with zero attached hydrogens (tertiary/aromatic N) is 2. The molecule has 7 nitrogen and oxygen atoms in total. The van der Waals surface area contributed by atoms with Crippen molar-refractivity contribution in [1.29, 1.82) is 0 Å². The second kappa shape index (κ2) is 6.96. The third kappa shape index (κ3) is 2.99. The van der Waals surface area contributed by atoms with E-state index in [1.165, 1.54) is 11.6 Å². The molecule has 0 aliphatic rings. The molecular formula is C21H18N4O3. The van der Waals surface area contributed by atoms with Gasteiger partial charge in [0.1, 0.15) is 22.6 Å². The molecule has 2 aromatic carbocycles. The maximum absolute atomic E-state index is 12.8. The van der Waals surface area contributed by atoms with Crippen molar-refractivity contribution in [1.82, 2.24) is 9.61 Å². The Hall–Kier alpha value is -4.00. The summed E-state index contributed by atoms with van der Waals surface area (Å²) in [6, 6.07) is 17.8. The predicted octanol–water partition coefficient (Wildman–Crippen LogP) is 3.55. The third-order valence-electron chi connectivity index (χ3n) is 4.41. The van der Waals surface area contributed by atoms with Gasteiger partial charge in [0.25, 0.3) is 5.91 Å². The summed E-state index contributed by atoms with van der Waals surface area (Å²) in [5.41, 5.74) is 8.68. The second-order valence-electron chi connectivity index (χ2n) is 6.19. The number of rotatable bonds is 4. The maximum atomic E-state index is 12.8. The molecular weight excluding hydrogens is 356 g/mol. The quantitative estimate of drug-likeness (QED) is 0.507. The first-order valence-electron chi connectivity index (χ1n) is 8.59. The molecule has 4 rings (SSSR count). The summed E-state index contributed by atoms with van der Waals surface area (Å²) in [4.78, 5) is 12.8. The molecule has 0 spiro atoms. The van der Waals surface area contributed by atoms with Gasteiger partial charge < -0.3 is 20.9 Å². The number of pyridine rings is 1. The summed E-state index contributed by atoms with van der Waals surface area (Å²) in [5, 5.41) is 17.2. The van der Waals surface area contributed by atoms with Gasteiger partial charge in [-0.2, -0.15) is 0 Å². The van der Waals surface area contributed by atoms with Crippen molar-refractivity contribution in [3.63, 3.8) is 0 Å². The van der Waals surface area contributed by atoms with E-state index >= 15 is 0 Å². The summed E-state index contributed by atoms with van der Waals surface area (Å²) >= 11 is 0. The fraction of sp³-hybridized carbons (Fsp3) is 0.0476. The van der Waals surface area contributed by atoms with Crippen LogP contribution in [0.3, 0.4) is 0 Å². The number of phenols is 1. The van der Waals surface area contributed by atoms with Gasteiger partial charge in [-0.3, -0.25) is 4.79 Å². The van der Waals surface area contributed by atoms with Crippen molar-refractivity contribution in [2.45, 2.75) is 0 Å². The molecule has 0 bridgehead atoms. The number of amides is 1. The van der Waals surface area contributed by atoms with Gasteiger partial charge in [-0.15, -0.1) is 5.10 Å². The first-order valence-corrected chi connectivity index (χ1v) is 8.59. The monoisotopic (exact) mass is 374 g/mol. The van der Waals surface area contributed by atoms with Crippen LogP contribution in [-0.4, -0.2) is 27.7 Å². The van der Waals surface area contributed by atoms with E-state index in [0.29, 0.717) is 28.1 Å². The lowest BCUT2D eigenvalue weighted by Gasteiger charge is -2.10. The van der Waals surface area contributed by atoms with Crippen LogP contribution in [0.5, 0.6) is 11.5 Å². The minimum Gasteiger partial charge on any atom is -0.507 e. The minimum atomic E-state index is -0.382. The number of benzene rings is 2. The van der Waals surface area contributed by atoms with E-state index in [-0.39, 0.29) is 23.0 Å². The van der Waals surface area contributed by atoms with Gasteiger partial charge in [-0.1, -0.05) is 36.4 Å². The van der Waals surface area contributed by atoms with E-state index in [2.05, 4.69) is 10.4 Å². The zero-order valence-electron chi connectivity index (χ0n) is 15.1. The van der Waals surface area contributed by atoms with Crippen molar-refractivity contribution < 1.29 is 14.6 Å². The topological polar surface area (TPSA) is 102 Å². The van der Waals surface area contributed by atoms with Crippen LogP contribution in [0.2, 0.25) is 0 Å². The lowest BCUT2D eigenvalue weighted by atomic mass is 10.1. The van der Waals surface area contributed by atoms with Gasteiger partial charge in [0.2, 0.25) is 0 Å². The number of aromatic nitrogens is 2. The number of nitrogen functional groups attached to an aromatic ring is 1. The number of carbonyl (C=O) groups is 1. The number of aromatic hydroxyl groups is 1. The number of nitrogens with two attached hydrogens (primary N) is 1. The number of carbonyl (C=O) groups excluding carboxylic acids is 1. The number of hydrogen-bond donors (Lipinski definition) is 3. The van der Waals surface area contributed by atoms with Crippen LogP contribution in [0, 0.1) is 0 Å². The highest BCUT2D eigenvalue weighted by molar-refractivity contribution is 6.13. The molecule has 0 aliphatic carbocycles. The largest absolute Gasteiger partial charge is 0.507 e. The number of hydrogen-bond acceptors (Lipinski definition) is 5. The van der Waals surface area contributed by atoms with Crippen molar-refractivity contribution in [3.05, 3.63) is 72.4 Å². The molecule has 2 aromatic heterocycles. The normalized spacial score (nSPS) is 10.8. The molecule has 0 fully saturated rings. The molecule has 2 heterocycles. The number of ether oxygens (including phenoxy) is 1. The molecule has 140 valence electrons. The number of anilines is 2.